The van der Waals surface area contributed by atoms with Crippen molar-refractivity contribution in [1.29, 1.82) is 0 Å². The highest BCUT2D eigenvalue weighted by Gasteiger charge is 2.10. The molecule has 1 amide bonds. The van der Waals surface area contributed by atoms with Gasteiger partial charge in [-0.15, -0.1) is 0 Å². The van der Waals surface area contributed by atoms with Crippen LogP contribution < -0.4 is 5.32 Å². The highest BCUT2D eigenvalue weighted by Crippen LogP contribution is 2.20. The van der Waals surface area contributed by atoms with Gasteiger partial charge >= 0.3 is 0 Å². The zero-order valence-electron chi connectivity index (χ0n) is 9.37. The topological polar surface area (TPSA) is 29.1 Å². The van der Waals surface area contributed by atoms with E-state index in [0.717, 1.165) is 15.6 Å². The lowest BCUT2D eigenvalue weighted by atomic mass is 10.1. The molecule has 2 aromatic rings. The Kier molecular flexibility index (Phi) is 3.97. The molecule has 2 rings (SSSR count). The van der Waals surface area contributed by atoms with E-state index in [-0.39, 0.29) is 5.91 Å². The maximum atomic E-state index is 12.0. The van der Waals surface area contributed by atoms with Gasteiger partial charge in [-0.3, -0.25) is 4.79 Å². The fraction of sp³-hybridized carbons (Fsp3) is 0.154. The summed E-state index contributed by atoms with van der Waals surface area (Å²) in [6, 6.07) is 7.69. The minimum absolute atomic E-state index is 0.0493. The average Bonchev–Trinajstić information content (AvgIpc) is 2.82. The van der Waals surface area contributed by atoms with E-state index >= 15 is 0 Å². The van der Waals surface area contributed by atoms with Crippen molar-refractivity contribution in [2.24, 2.45) is 0 Å². The Hall–Kier alpha value is -1.13. The van der Waals surface area contributed by atoms with Gasteiger partial charge < -0.3 is 5.32 Å². The van der Waals surface area contributed by atoms with Gasteiger partial charge in [0.15, 0.2) is 0 Å². The van der Waals surface area contributed by atoms with E-state index in [4.69, 9.17) is 0 Å². The number of carbonyl (C=O) groups is 1. The molecule has 2 nitrogen and oxygen atoms in total. The molecular formula is C13H12BrNOS. The molecule has 17 heavy (non-hydrogen) atoms. The number of carbonyl (C=O) groups excluding carboxylic acids is 1. The van der Waals surface area contributed by atoms with E-state index in [1.165, 1.54) is 0 Å². The Labute approximate surface area is 113 Å². The number of nitrogens with one attached hydrogen (secondary N) is 1. The van der Waals surface area contributed by atoms with Crippen LogP contribution in [0.4, 0.5) is 0 Å². The molecule has 0 spiro atoms. The molecular weight excluding hydrogens is 298 g/mol. The second kappa shape index (κ2) is 5.47. The van der Waals surface area contributed by atoms with Gasteiger partial charge in [-0.2, -0.15) is 11.3 Å². The van der Waals surface area contributed by atoms with Gasteiger partial charge in [-0.25, -0.2) is 0 Å². The average molecular weight is 310 g/mol. The molecule has 0 unspecified atom stereocenters. The van der Waals surface area contributed by atoms with Gasteiger partial charge in [-0.1, -0.05) is 12.1 Å². The number of thiophene rings is 1. The predicted molar refractivity (Wildman–Crippen MR) is 74.4 cm³/mol. The third kappa shape index (κ3) is 2.96. The van der Waals surface area contributed by atoms with Crippen molar-refractivity contribution in [1.82, 2.24) is 5.32 Å². The molecule has 1 aromatic heterocycles. The van der Waals surface area contributed by atoms with E-state index in [1.807, 2.05) is 41.9 Å². The summed E-state index contributed by atoms with van der Waals surface area (Å²) >= 11 is 5.07. The zero-order chi connectivity index (χ0) is 12.3. The van der Waals surface area contributed by atoms with Crippen molar-refractivity contribution in [2.45, 2.75) is 13.5 Å². The lowest BCUT2D eigenvalue weighted by Gasteiger charge is -2.07. The van der Waals surface area contributed by atoms with Crippen LogP contribution in [-0.4, -0.2) is 5.91 Å². The third-order valence-electron chi connectivity index (χ3n) is 2.47. The molecule has 4 heteroatoms. The fourth-order valence-corrected chi connectivity index (χ4v) is 2.61. The monoisotopic (exact) mass is 309 g/mol. The minimum atomic E-state index is -0.0493. The van der Waals surface area contributed by atoms with Gasteiger partial charge in [-0.05, 0) is 56.9 Å². The summed E-state index contributed by atoms with van der Waals surface area (Å²) in [7, 11) is 0. The van der Waals surface area contributed by atoms with Gasteiger partial charge in [0.1, 0.15) is 0 Å². The first-order valence-electron chi connectivity index (χ1n) is 5.23. The lowest BCUT2D eigenvalue weighted by Crippen LogP contribution is -2.23. The normalized spacial score (nSPS) is 10.2. The largest absolute Gasteiger partial charge is 0.348 e. The van der Waals surface area contributed by atoms with E-state index in [9.17, 15) is 4.79 Å². The molecule has 0 aliphatic carbocycles. The highest BCUT2D eigenvalue weighted by molar-refractivity contribution is 9.10. The Morgan fingerprint density at radius 2 is 2.24 bits per heavy atom. The highest BCUT2D eigenvalue weighted by atomic mass is 79.9. The molecule has 0 saturated heterocycles. The van der Waals surface area contributed by atoms with Crippen LogP contribution in [-0.2, 0) is 6.54 Å². The lowest BCUT2D eigenvalue weighted by molar-refractivity contribution is 0.0950. The van der Waals surface area contributed by atoms with E-state index in [2.05, 4.69) is 21.2 Å². The Bertz CT molecular complexity index is 522. The molecule has 0 aliphatic heterocycles. The minimum Gasteiger partial charge on any atom is -0.348 e. The second-order valence-electron chi connectivity index (χ2n) is 3.75. The second-order valence-corrected chi connectivity index (χ2v) is 5.32. The number of hydrogen-bond acceptors (Lipinski definition) is 2. The van der Waals surface area contributed by atoms with Crippen LogP contribution in [0.25, 0.3) is 0 Å². The molecule has 1 heterocycles. The first-order chi connectivity index (χ1) is 8.18. The first kappa shape index (κ1) is 12.3. The molecule has 0 aliphatic rings. The quantitative estimate of drug-likeness (QED) is 0.919. The van der Waals surface area contributed by atoms with Crippen molar-refractivity contribution < 1.29 is 4.79 Å². The van der Waals surface area contributed by atoms with Crippen molar-refractivity contribution in [2.75, 3.05) is 0 Å². The smallest absolute Gasteiger partial charge is 0.252 e. The third-order valence-corrected chi connectivity index (χ3v) is 4.25. The zero-order valence-corrected chi connectivity index (χ0v) is 11.8. The van der Waals surface area contributed by atoms with Crippen molar-refractivity contribution in [3.05, 3.63) is 56.2 Å². The van der Waals surface area contributed by atoms with Gasteiger partial charge in [0.2, 0.25) is 0 Å². The molecule has 0 atom stereocenters. The molecule has 0 fully saturated rings. The molecule has 0 saturated carbocycles. The standard InChI is InChI=1S/C13H12BrNOS/c1-9-3-2-4-11(12(9)14)13(16)15-7-10-5-6-17-8-10/h2-6,8H,7H2,1H3,(H,15,16). The van der Waals surface area contributed by atoms with E-state index in [1.54, 1.807) is 11.3 Å². The summed E-state index contributed by atoms with van der Waals surface area (Å²) in [6.45, 7) is 2.54. The predicted octanol–water partition coefficient (Wildman–Crippen LogP) is 3.75. The SMILES string of the molecule is Cc1cccc(C(=O)NCc2ccsc2)c1Br. The summed E-state index contributed by atoms with van der Waals surface area (Å²) in [5, 5.41) is 6.94. The number of halogens is 1. The summed E-state index contributed by atoms with van der Waals surface area (Å²) in [4.78, 5) is 12.0. The van der Waals surface area contributed by atoms with Crippen LogP contribution in [0.15, 0.2) is 39.5 Å². The Morgan fingerprint density at radius 1 is 1.41 bits per heavy atom. The molecule has 88 valence electrons. The van der Waals surface area contributed by atoms with Crippen LogP contribution in [0.1, 0.15) is 21.5 Å². The van der Waals surface area contributed by atoms with Crippen LogP contribution in [0.3, 0.4) is 0 Å². The maximum Gasteiger partial charge on any atom is 0.252 e. The number of benzene rings is 1. The van der Waals surface area contributed by atoms with Gasteiger partial charge in [0, 0.05) is 11.0 Å². The number of amides is 1. The van der Waals surface area contributed by atoms with E-state index in [0.29, 0.717) is 12.1 Å². The van der Waals surface area contributed by atoms with Crippen LogP contribution in [0.5, 0.6) is 0 Å². The summed E-state index contributed by atoms with van der Waals surface area (Å²) in [5.41, 5.74) is 2.88. The Balaban J connectivity index is 2.07. The van der Waals surface area contributed by atoms with Gasteiger partial charge in [0.05, 0.1) is 5.56 Å². The summed E-state index contributed by atoms with van der Waals surface area (Å²) in [5.74, 6) is -0.0493. The maximum absolute atomic E-state index is 12.0. The molecule has 1 aromatic carbocycles. The van der Waals surface area contributed by atoms with Crippen molar-refractivity contribution >= 4 is 33.2 Å². The van der Waals surface area contributed by atoms with Crippen LogP contribution in [0, 0.1) is 6.92 Å². The molecule has 0 bridgehead atoms. The number of aryl methyl sites for hydroxylation is 1. The molecule has 1 N–H and O–H groups in total. The van der Waals surface area contributed by atoms with E-state index < -0.39 is 0 Å². The van der Waals surface area contributed by atoms with Gasteiger partial charge in [0.25, 0.3) is 5.91 Å². The van der Waals surface area contributed by atoms with Crippen LogP contribution >= 0.6 is 27.3 Å². The number of rotatable bonds is 3. The number of hydrogen-bond donors (Lipinski definition) is 1. The fourth-order valence-electron chi connectivity index (χ4n) is 1.49. The van der Waals surface area contributed by atoms with Crippen molar-refractivity contribution in [3.63, 3.8) is 0 Å². The van der Waals surface area contributed by atoms with Crippen LogP contribution in [0.2, 0.25) is 0 Å². The Morgan fingerprint density at radius 3 is 2.94 bits per heavy atom. The first-order valence-corrected chi connectivity index (χ1v) is 6.96. The summed E-state index contributed by atoms with van der Waals surface area (Å²) < 4.78 is 0.864. The summed E-state index contributed by atoms with van der Waals surface area (Å²) in [6.07, 6.45) is 0. The van der Waals surface area contributed by atoms with Crippen molar-refractivity contribution in [3.8, 4) is 0 Å². The molecule has 0 radical (unpaired) electrons.